The van der Waals surface area contributed by atoms with Gasteiger partial charge in [-0.2, -0.15) is 4.98 Å². The maximum atomic E-state index is 12.4. The predicted octanol–water partition coefficient (Wildman–Crippen LogP) is 3.40. The Morgan fingerprint density at radius 2 is 1.86 bits per heavy atom. The highest BCUT2D eigenvalue weighted by molar-refractivity contribution is 6.30. The Morgan fingerprint density at radius 1 is 1.10 bits per heavy atom. The molecule has 0 spiro atoms. The Kier molecular flexibility index (Phi) is 5.09. The van der Waals surface area contributed by atoms with Crippen LogP contribution in [0, 0.1) is 0 Å². The normalized spacial score (nSPS) is 13.8. The fourth-order valence-corrected chi connectivity index (χ4v) is 3.10. The summed E-state index contributed by atoms with van der Waals surface area (Å²) in [6.45, 7) is -0.224. The van der Waals surface area contributed by atoms with Gasteiger partial charge in [0.1, 0.15) is 0 Å². The maximum absolute atomic E-state index is 12.4. The van der Waals surface area contributed by atoms with Crippen LogP contribution in [-0.2, 0) is 20.9 Å². The minimum Gasteiger partial charge on any atom is -0.452 e. The third-order valence-electron chi connectivity index (χ3n) is 4.27. The Morgan fingerprint density at radius 3 is 2.62 bits per heavy atom. The Labute approximate surface area is 170 Å². The largest absolute Gasteiger partial charge is 0.452 e. The fraction of sp³-hybridized carbons (Fsp3) is 0.150. The molecule has 0 N–H and O–H groups in total. The molecule has 0 radical (unpaired) electrons. The number of hydrogen-bond acceptors (Lipinski definition) is 7. The van der Waals surface area contributed by atoms with E-state index < -0.39 is 5.97 Å². The highest BCUT2D eigenvalue weighted by atomic mass is 35.5. The lowest BCUT2D eigenvalue weighted by atomic mass is 10.2. The van der Waals surface area contributed by atoms with E-state index in [1.807, 2.05) is 0 Å². The molecule has 8 nitrogen and oxygen atoms in total. The molecular formula is C20H14ClN3O5. The van der Waals surface area contributed by atoms with Crippen molar-refractivity contribution in [2.45, 2.75) is 19.4 Å². The molecule has 1 fully saturated rings. The molecule has 0 atom stereocenters. The first-order valence-electron chi connectivity index (χ1n) is 8.73. The van der Waals surface area contributed by atoms with Gasteiger partial charge in [-0.25, -0.2) is 4.79 Å². The third-order valence-corrected chi connectivity index (χ3v) is 4.50. The highest BCUT2D eigenvalue weighted by Crippen LogP contribution is 2.24. The van der Waals surface area contributed by atoms with E-state index in [1.54, 1.807) is 36.4 Å². The number of nitrogens with zero attached hydrogens (tertiary/aromatic N) is 3. The molecule has 1 aromatic heterocycles. The molecule has 0 bridgehead atoms. The summed E-state index contributed by atoms with van der Waals surface area (Å²) in [4.78, 5) is 41.3. The molecule has 0 saturated carbocycles. The van der Waals surface area contributed by atoms with Crippen LogP contribution in [0.5, 0.6) is 0 Å². The predicted molar refractivity (Wildman–Crippen MR) is 102 cm³/mol. The molecule has 1 saturated heterocycles. The van der Waals surface area contributed by atoms with Gasteiger partial charge in [-0.05, 0) is 30.3 Å². The van der Waals surface area contributed by atoms with Crippen LogP contribution in [0.4, 0.5) is 5.69 Å². The third kappa shape index (κ3) is 4.02. The number of imide groups is 1. The molecule has 9 heteroatoms. The number of carbonyl (C=O) groups excluding carboxylic acids is 3. The van der Waals surface area contributed by atoms with Gasteiger partial charge in [-0.1, -0.05) is 35.0 Å². The lowest BCUT2D eigenvalue weighted by Crippen LogP contribution is -2.28. The molecule has 4 rings (SSSR count). The molecule has 1 aliphatic heterocycles. The number of rotatable bonds is 5. The first-order chi connectivity index (χ1) is 14.0. The maximum Gasteiger partial charge on any atom is 0.338 e. The number of aromatic nitrogens is 2. The molecule has 2 aromatic carbocycles. The first-order valence-corrected chi connectivity index (χ1v) is 9.10. The molecule has 3 aromatic rings. The van der Waals surface area contributed by atoms with Gasteiger partial charge in [-0.15, -0.1) is 0 Å². The van der Waals surface area contributed by atoms with Crippen LogP contribution < -0.4 is 4.90 Å². The van der Waals surface area contributed by atoms with Crippen molar-refractivity contribution in [2.24, 2.45) is 0 Å². The molecular weight excluding hydrogens is 398 g/mol. The van der Waals surface area contributed by atoms with Crippen LogP contribution >= 0.6 is 11.6 Å². The van der Waals surface area contributed by atoms with Crippen molar-refractivity contribution in [3.8, 4) is 11.4 Å². The van der Waals surface area contributed by atoms with E-state index in [9.17, 15) is 14.4 Å². The van der Waals surface area contributed by atoms with Gasteiger partial charge in [0.05, 0.1) is 11.3 Å². The average molecular weight is 412 g/mol. The summed E-state index contributed by atoms with van der Waals surface area (Å²) in [5, 5.41) is 4.38. The topological polar surface area (TPSA) is 103 Å². The van der Waals surface area contributed by atoms with Crippen LogP contribution in [0.3, 0.4) is 0 Å². The van der Waals surface area contributed by atoms with Crippen molar-refractivity contribution < 1.29 is 23.6 Å². The van der Waals surface area contributed by atoms with E-state index in [0.29, 0.717) is 22.1 Å². The van der Waals surface area contributed by atoms with Crippen LogP contribution in [-0.4, -0.2) is 27.9 Å². The second-order valence-corrected chi connectivity index (χ2v) is 6.71. The number of esters is 1. The van der Waals surface area contributed by atoms with Crippen molar-refractivity contribution in [1.29, 1.82) is 0 Å². The number of amides is 2. The van der Waals surface area contributed by atoms with Gasteiger partial charge >= 0.3 is 5.97 Å². The number of halogens is 1. The minimum absolute atomic E-state index is 0.120. The Hall–Kier alpha value is -3.52. The quantitative estimate of drug-likeness (QED) is 0.468. The van der Waals surface area contributed by atoms with Crippen molar-refractivity contribution in [3.05, 3.63) is 65.0 Å². The van der Waals surface area contributed by atoms with Gasteiger partial charge in [-0.3, -0.25) is 14.5 Å². The van der Waals surface area contributed by atoms with Gasteiger partial charge in [0, 0.05) is 23.4 Å². The van der Waals surface area contributed by atoms with Crippen molar-refractivity contribution >= 4 is 35.1 Å². The zero-order chi connectivity index (χ0) is 20.4. The molecule has 2 amide bonds. The number of anilines is 1. The van der Waals surface area contributed by atoms with E-state index in [0.717, 1.165) is 4.90 Å². The molecule has 0 aliphatic carbocycles. The number of carbonyl (C=O) groups is 3. The summed E-state index contributed by atoms with van der Waals surface area (Å²) < 4.78 is 10.3. The second-order valence-electron chi connectivity index (χ2n) is 6.27. The highest BCUT2D eigenvalue weighted by Gasteiger charge is 2.30. The summed E-state index contributed by atoms with van der Waals surface area (Å²) in [5.74, 6) is -0.783. The molecule has 2 heterocycles. The number of ether oxygens (including phenoxy) is 1. The van der Waals surface area contributed by atoms with Gasteiger partial charge in [0.2, 0.25) is 17.6 Å². The summed E-state index contributed by atoms with van der Waals surface area (Å²) in [6.07, 6.45) is 0.333. The van der Waals surface area contributed by atoms with Crippen molar-refractivity contribution in [3.63, 3.8) is 0 Å². The minimum atomic E-state index is -0.645. The van der Waals surface area contributed by atoms with Gasteiger partial charge < -0.3 is 9.26 Å². The Bertz CT molecular complexity index is 1090. The SMILES string of the molecule is O=C(OCc1nc(-c2cccc(Cl)c2)no1)c1cccc(N2C(=O)CCC2=O)c1. The van der Waals surface area contributed by atoms with Gasteiger partial charge in [0.15, 0.2) is 6.61 Å². The first kappa shape index (κ1) is 18.8. The average Bonchev–Trinajstić information content (AvgIpc) is 3.33. The van der Waals surface area contributed by atoms with E-state index in [2.05, 4.69) is 10.1 Å². The van der Waals surface area contributed by atoms with E-state index in [1.165, 1.54) is 12.1 Å². The molecule has 1 aliphatic rings. The van der Waals surface area contributed by atoms with Crippen LogP contribution in [0.25, 0.3) is 11.4 Å². The van der Waals surface area contributed by atoms with Crippen molar-refractivity contribution in [1.82, 2.24) is 10.1 Å². The second kappa shape index (κ2) is 7.84. The zero-order valence-corrected chi connectivity index (χ0v) is 15.8. The molecule has 146 valence electrons. The summed E-state index contributed by atoms with van der Waals surface area (Å²) in [7, 11) is 0. The standard InChI is InChI=1S/C20H14ClN3O5/c21-14-5-1-3-12(9-14)19-22-16(29-23-19)11-28-20(27)13-4-2-6-15(10-13)24-17(25)7-8-18(24)26/h1-6,9-10H,7-8,11H2. The smallest absolute Gasteiger partial charge is 0.338 e. The fourth-order valence-electron chi connectivity index (χ4n) is 2.91. The summed E-state index contributed by atoms with van der Waals surface area (Å²) in [6, 6.07) is 13.1. The van der Waals surface area contributed by atoms with Crippen molar-refractivity contribution in [2.75, 3.05) is 4.90 Å². The zero-order valence-electron chi connectivity index (χ0n) is 15.0. The molecule has 0 unspecified atom stereocenters. The van der Waals surface area contributed by atoms with Crippen LogP contribution in [0.1, 0.15) is 29.1 Å². The van der Waals surface area contributed by atoms with Gasteiger partial charge in [0.25, 0.3) is 5.89 Å². The van der Waals surface area contributed by atoms with E-state index in [4.69, 9.17) is 20.9 Å². The Balaban J connectivity index is 1.44. The van der Waals surface area contributed by atoms with E-state index >= 15 is 0 Å². The van der Waals surface area contributed by atoms with Crippen LogP contribution in [0.15, 0.2) is 53.1 Å². The summed E-state index contributed by atoms with van der Waals surface area (Å²) >= 11 is 5.95. The van der Waals surface area contributed by atoms with Crippen LogP contribution in [0.2, 0.25) is 5.02 Å². The molecule has 29 heavy (non-hydrogen) atoms. The summed E-state index contributed by atoms with van der Waals surface area (Å²) in [5.41, 5.74) is 1.21. The lowest BCUT2D eigenvalue weighted by molar-refractivity contribution is -0.121. The number of benzene rings is 2. The lowest BCUT2D eigenvalue weighted by Gasteiger charge is -2.14. The van der Waals surface area contributed by atoms with E-state index in [-0.39, 0.29) is 42.7 Å². The number of hydrogen-bond donors (Lipinski definition) is 0. The monoisotopic (exact) mass is 411 g/mol.